The van der Waals surface area contributed by atoms with E-state index in [0.29, 0.717) is 21.2 Å². The van der Waals surface area contributed by atoms with Crippen LogP contribution in [0.4, 0.5) is 0 Å². The summed E-state index contributed by atoms with van der Waals surface area (Å²) in [6.45, 7) is 0. The Bertz CT molecular complexity index is 897. The Labute approximate surface area is 168 Å². The molecule has 0 fully saturated rings. The van der Waals surface area contributed by atoms with Crippen LogP contribution in [0, 0.1) is 0 Å². The number of methoxy groups -OCH3 is 1. The van der Waals surface area contributed by atoms with Crippen molar-refractivity contribution in [3.05, 3.63) is 69.7 Å². The number of ether oxygens (including phenoxy) is 1. The summed E-state index contributed by atoms with van der Waals surface area (Å²) >= 11 is 12.0. The maximum atomic E-state index is 12.1. The van der Waals surface area contributed by atoms with Crippen molar-refractivity contribution in [3.8, 4) is 0 Å². The fourth-order valence-electron chi connectivity index (χ4n) is 2.88. The number of sulfone groups is 1. The molecule has 0 aliphatic carbocycles. The van der Waals surface area contributed by atoms with Gasteiger partial charge in [-0.05, 0) is 41.8 Å². The molecule has 0 aliphatic heterocycles. The van der Waals surface area contributed by atoms with Crippen LogP contribution in [-0.2, 0) is 19.4 Å². The normalized spacial score (nSPS) is 15.0. The highest BCUT2D eigenvalue weighted by Crippen LogP contribution is 2.37. The van der Waals surface area contributed by atoms with Crippen molar-refractivity contribution < 1.29 is 23.1 Å². The summed E-state index contributed by atoms with van der Waals surface area (Å²) in [5.74, 6) is -1.57. The summed E-state index contributed by atoms with van der Waals surface area (Å²) in [5.41, 5.74) is 1.16. The SMILES string of the molecule is COC(=O)C(C[C@H](c1cccc(Cl)c1)[C@@H](O)c1ccc(Cl)cc1)S(C)(=O)=O. The number of carbonyl (C=O) groups is 1. The second-order valence-corrected chi connectivity index (χ2v) is 9.34. The maximum Gasteiger partial charge on any atom is 0.324 e. The van der Waals surface area contributed by atoms with Gasteiger partial charge in [-0.1, -0.05) is 47.5 Å². The van der Waals surface area contributed by atoms with E-state index in [-0.39, 0.29) is 6.42 Å². The van der Waals surface area contributed by atoms with Gasteiger partial charge in [0.15, 0.2) is 15.1 Å². The minimum atomic E-state index is -3.75. The van der Waals surface area contributed by atoms with E-state index in [4.69, 9.17) is 23.2 Å². The molecule has 1 unspecified atom stereocenters. The molecule has 0 saturated carbocycles. The number of carbonyl (C=O) groups excluding carboxylic acids is 1. The largest absolute Gasteiger partial charge is 0.468 e. The van der Waals surface area contributed by atoms with Crippen LogP contribution in [0.25, 0.3) is 0 Å². The number of rotatable bonds is 7. The average molecular weight is 431 g/mol. The summed E-state index contributed by atoms with van der Waals surface area (Å²) in [6.07, 6.45) is -0.261. The van der Waals surface area contributed by atoms with Crippen LogP contribution >= 0.6 is 23.2 Å². The van der Waals surface area contributed by atoms with E-state index in [9.17, 15) is 18.3 Å². The fourth-order valence-corrected chi connectivity index (χ4v) is 4.21. The Hall–Kier alpha value is -1.60. The smallest absolute Gasteiger partial charge is 0.324 e. The van der Waals surface area contributed by atoms with Gasteiger partial charge in [0.2, 0.25) is 0 Å². The van der Waals surface area contributed by atoms with Gasteiger partial charge in [0, 0.05) is 22.2 Å². The minimum Gasteiger partial charge on any atom is -0.468 e. The third kappa shape index (κ3) is 5.69. The van der Waals surface area contributed by atoms with Gasteiger partial charge < -0.3 is 9.84 Å². The lowest BCUT2D eigenvalue weighted by molar-refractivity contribution is -0.140. The van der Waals surface area contributed by atoms with Crippen LogP contribution < -0.4 is 0 Å². The summed E-state index contributed by atoms with van der Waals surface area (Å²) in [7, 11) is -2.62. The number of halogens is 2. The zero-order chi connectivity index (χ0) is 20.2. The number of aliphatic hydroxyl groups is 1. The summed E-state index contributed by atoms with van der Waals surface area (Å²) in [5, 5.41) is 10.5. The lowest BCUT2D eigenvalue weighted by Gasteiger charge is -2.26. The van der Waals surface area contributed by atoms with Gasteiger partial charge in [-0.15, -0.1) is 0 Å². The summed E-state index contributed by atoms with van der Waals surface area (Å²) in [4.78, 5) is 12.1. The van der Waals surface area contributed by atoms with Crippen molar-refractivity contribution in [3.63, 3.8) is 0 Å². The predicted molar refractivity (Wildman–Crippen MR) is 106 cm³/mol. The molecule has 1 N–H and O–H groups in total. The van der Waals surface area contributed by atoms with Crippen molar-refractivity contribution in [2.24, 2.45) is 0 Å². The predicted octanol–water partition coefficient (Wildman–Crippen LogP) is 3.79. The van der Waals surface area contributed by atoms with E-state index >= 15 is 0 Å². The Balaban J connectivity index is 2.49. The van der Waals surface area contributed by atoms with Crippen molar-refractivity contribution in [2.45, 2.75) is 23.7 Å². The van der Waals surface area contributed by atoms with Crippen LogP contribution in [0.3, 0.4) is 0 Å². The van der Waals surface area contributed by atoms with E-state index in [2.05, 4.69) is 4.74 Å². The highest BCUT2D eigenvalue weighted by molar-refractivity contribution is 7.92. The Kier molecular flexibility index (Phi) is 7.28. The number of hydrogen-bond acceptors (Lipinski definition) is 5. The summed E-state index contributed by atoms with van der Waals surface area (Å²) < 4.78 is 28.9. The Morgan fingerprint density at radius 3 is 2.22 bits per heavy atom. The van der Waals surface area contributed by atoms with Crippen molar-refractivity contribution in [1.82, 2.24) is 0 Å². The third-order valence-electron chi connectivity index (χ3n) is 4.32. The molecule has 2 aromatic rings. The molecule has 0 aromatic heterocycles. The third-order valence-corrected chi connectivity index (χ3v) is 6.22. The molecule has 0 saturated heterocycles. The molecule has 0 radical (unpaired) electrons. The molecule has 3 atom stereocenters. The Morgan fingerprint density at radius 1 is 1.07 bits per heavy atom. The number of hydrogen-bond donors (Lipinski definition) is 1. The van der Waals surface area contributed by atoms with Crippen molar-refractivity contribution in [1.29, 1.82) is 0 Å². The first-order chi connectivity index (χ1) is 12.6. The fraction of sp³-hybridized carbons (Fsp3) is 0.316. The van der Waals surface area contributed by atoms with E-state index in [0.717, 1.165) is 13.4 Å². The van der Waals surface area contributed by atoms with Crippen molar-refractivity contribution in [2.75, 3.05) is 13.4 Å². The number of benzene rings is 2. The lowest BCUT2D eigenvalue weighted by atomic mass is 9.85. The van der Waals surface area contributed by atoms with E-state index in [1.54, 1.807) is 48.5 Å². The van der Waals surface area contributed by atoms with Crippen LogP contribution in [-0.4, -0.2) is 38.1 Å². The van der Waals surface area contributed by atoms with Crippen LogP contribution in [0.2, 0.25) is 10.0 Å². The summed E-state index contributed by atoms with van der Waals surface area (Å²) in [6, 6.07) is 13.3. The first-order valence-corrected chi connectivity index (χ1v) is 10.8. The molecule has 27 heavy (non-hydrogen) atoms. The monoisotopic (exact) mass is 430 g/mol. The van der Waals surface area contributed by atoms with Gasteiger partial charge in [0.25, 0.3) is 0 Å². The highest BCUT2D eigenvalue weighted by Gasteiger charge is 2.36. The van der Waals surface area contributed by atoms with Gasteiger partial charge in [-0.2, -0.15) is 0 Å². The van der Waals surface area contributed by atoms with Crippen LogP contribution in [0.5, 0.6) is 0 Å². The van der Waals surface area contributed by atoms with Gasteiger partial charge >= 0.3 is 5.97 Å². The van der Waals surface area contributed by atoms with Crippen molar-refractivity contribution >= 4 is 39.0 Å². The first-order valence-electron chi connectivity index (χ1n) is 8.09. The molecule has 0 spiro atoms. The maximum absolute atomic E-state index is 12.1. The molecule has 146 valence electrons. The number of aliphatic hydroxyl groups excluding tert-OH is 1. The van der Waals surface area contributed by atoms with Crippen LogP contribution in [0.1, 0.15) is 29.6 Å². The zero-order valence-electron chi connectivity index (χ0n) is 14.8. The zero-order valence-corrected chi connectivity index (χ0v) is 17.1. The molecule has 2 aromatic carbocycles. The molecule has 5 nitrogen and oxygen atoms in total. The molecular weight excluding hydrogens is 411 g/mol. The molecule has 0 aliphatic rings. The standard InChI is InChI=1S/C19H20Cl2O5S/c1-26-19(23)17(27(2,24)25)11-16(13-4-3-5-15(21)10-13)18(22)12-6-8-14(20)9-7-12/h3-10,16-18,22H,11H2,1-2H3/t16-,17?,18+/m1/s1. The lowest BCUT2D eigenvalue weighted by Crippen LogP contribution is -2.33. The van der Waals surface area contributed by atoms with E-state index < -0.39 is 33.1 Å². The molecule has 0 amide bonds. The van der Waals surface area contributed by atoms with Gasteiger partial charge in [-0.25, -0.2) is 8.42 Å². The van der Waals surface area contributed by atoms with Crippen LogP contribution in [0.15, 0.2) is 48.5 Å². The van der Waals surface area contributed by atoms with E-state index in [1.807, 2.05) is 0 Å². The second-order valence-electron chi connectivity index (χ2n) is 6.23. The second kappa shape index (κ2) is 9.06. The van der Waals surface area contributed by atoms with Gasteiger partial charge in [0.1, 0.15) is 0 Å². The highest BCUT2D eigenvalue weighted by atomic mass is 35.5. The number of esters is 1. The molecular formula is C19H20Cl2O5S. The average Bonchev–Trinajstić information content (AvgIpc) is 2.61. The first kappa shape index (κ1) is 21.7. The quantitative estimate of drug-likeness (QED) is 0.675. The molecule has 0 bridgehead atoms. The van der Waals surface area contributed by atoms with E-state index in [1.165, 1.54) is 0 Å². The molecule has 0 heterocycles. The topological polar surface area (TPSA) is 80.7 Å². The Morgan fingerprint density at radius 2 is 1.70 bits per heavy atom. The van der Waals surface area contributed by atoms with Gasteiger partial charge in [-0.3, -0.25) is 4.79 Å². The molecule has 8 heteroatoms. The molecule has 2 rings (SSSR count). The minimum absolute atomic E-state index is 0.157. The van der Waals surface area contributed by atoms with Gasteiger partial charge in [0.05, 0.1) is 13.2 Å².